The fourth-order valence-corrected chi connectivity index (χ4v) is 6.05. The smallest absolute Gasteiger partial charge is 0.258 e. The van der Waals surface area contributed by atoms with E-state index in [1.807, 2.05) is 25.1 Å². The van der Waals surface area contributed by atoms with Crippen LogP contribution in [0.5, 0.6) is 0 Å². The van der Waals surface area contributed by atoms with E-state index in [1.54, 1.807) is 13.1 Å². The zero-order valence-electron chi connectivity index (χ0n) is 16.5. The normalized spacial score (nSPS) is 15.7. The third-order valence-corrected chi connectivity index (χ3v) is 8.06. The van der Waals surface area contributed by atoms with Crippen molar-refractivity contribution in [1.82, 2.24) is 4.31 Å². The number of benzene rings is 2. The molecule has 0 saturated carbocycles. The Labute approximate surface area is 185 Å². The van der Waals surface area contributed by atoms with Crippen LogP contribution in [-0.4, -0.2) is 38.8 Å². The highest BCUT2D eigenvalue weighted by atomic mass is 79.9. The predicted molar refractivity (Wildman–Crippen MR) is 120 cm³/mol. The average molecular weight is 500 g/mol. The van der Waals surface area contributed by atoms with Gasteiger partial charge in [-0.05, 0) is 61.7 Å². The summed E-state index contributed by atoms with van der Waals surface area (Å²) in [6.07, 6.45) is 3.72. The highest BCUT2D eigenvalue weighted by Gasteiger charge is 2.28. The van der Waals surface area contributed by atoms with E-state index in [-0.39, 0.29) is 21.4 Å². The largest absolute Gasteiger partial charge is 0.311 e. The Morgan fingerprint density at radius 1 is 1.07 bits per heavy atom. The van der Waals surface area contributed by atoms with Crippen molar-refractivity contribution in [2.75, 3.05) is 25.0 Å². The quantitative estimate of drug-likeness (QED) is 0.577. The van der Waals surface area contributed by atoms with Crippen LogP contribution in [-0.2, 0) is 10.0 Å². The van der Waals surface area contributed by atoms with E-state index in [4.69, 9.17) is 11.6 Å². The van der Waals surface area contributed by atoms with Gasteiger partial charge in [0.2, 0.25) is 10.0 Å². The van der Waals surface area contributed by atoms with Gasteiger partial charge in [-0.2, -0.15) is 4.31 Å². The Bertz CT molecular complexity index is 1020. The summed E-state index contributed by atoms with van der Waals surface area (Å²) >= 11 is 9.67. The minimum atomic E-state index is -3.75. The lowest BCUT2D eigenvalue weighted by atomic mass is 10.1. The summed E-state index contributed by atoms with van der Waals surface area (Å²) in [5.41, 5.74) is 1.97. The van der Waals surface area contributed by atoms with Crippen molar-refractivity contribution in [3.63, 3.8) is 0 Å². The molecule has 0 atom stereocenters. The summed E-state index contributed by atoms with van der Waals surface area (Å²) in [5.74, 6) is -0.292. The van der Waals surface area contributed by atoms with Crippen molar-refractivity contribution >= 4 is 49.1 Å². The van der Waals surface area contributed by atoms with Crippen LogP contribution in [0.2, 0.25) is 5.02 Å². The molecule has 156 valence electrons. The van der Waals surface area contributed by atoms with Gasteiger partial charge >= 0.3 is 0 Å². The second-order valence-electron chi connectivity index (χ2n) is 7.26. The molecule has 1 aliphatic rings. The topological polar surface area (TPSA) is 57.7 Å². The van der Waals surface area contributed by atoms with Gasteiger partial charge in [0.25, 0.3) is 5.91 Å². The van der Waals surface area contributed by atoms with E-state index in [0.717, 1.165) is 41.4 Å². The number of rotatable bonds is 4. The molecule has 1 aliphatic heterocycles. The van der Waals surface area contributed by atoms with Crippen LogP contribution in [0.4, 0.5) is 5.69 Å². The maximum Gasteiger partial charge on any atom is 0.258 e. The van der Waals surface area contributed by atoms with Crippen molar-refractivity contribution < 1.29 is 13.2 Å². The summed E-state index contributed by atoms with van der Waals surface area (Å²) in [6, 6.07) is 10.1. The van der Waals surface area contributed by atoms with Gasteiger partial charge in [0.05, 0.1) is 5.02 Å². The van der Waals surface area contributed by atoms with Crippen LogP contribution in [0.1, 0.15) is 41.6 Å². The third-order valence-electron chi connectivity index (χ3n) is 5.19. The van der Waals surface area contributed by atoms with E-state index >= 15 is 0 Å². The van der Waals surface area contributed by atoms with Crippen LogP contribution in [0.15, 0.2) is 45.8 Å². The molecule has 0 spiro atoms. The van der Waals surface area contributed by atoms with Crippen LogP contribution in [0.25, 0.3) is 0 Å². The van der Waals surface area contributed by atoms with Crippen molar-refractivity contribution in [2.45, 2.75) is 37.5 Å². The fraction of sp³-hybridized carbons (Fsp3) is 0.381. The first-order valence-electron chi connectivity index (χ1n) is 9.56. The first-order chi connectivity index (χ1) is 13.7. The van der Waals surface area contributed by atoms with Crippen molar-refractivity contribution in [3.8, 4) is 0 Å². The first-order valence-corrected chi connectivity index (χ1v) is 12.2. The maximum absolute atomic E-state index is 13.2. The Balaban J connectivity index is 1.94. The van der Waals surface area contributed by atoms with E-state index in [1.165, 1.54) is 21.3 Å². The number of carbonyl (C=O) groups is 1. The van der Waals surface area contributed by atoms with Crippen molar-refractivity contribution in [2.24, 2.45) is 0 Å². The first kappa shape index (κ1) is 22.3. The molecule has 8 heteroatoms. The Morgan fingerprint density at radius 3 is 2.34 bits per heavy atom. The number of aryl methyl sites for hydroxylation is 1. The predicted octanol–water partition coefficient (Wildman–Crippen LogP) is 5.25. The number of carbonyl (C=O) groups excluding carboxylic acids is 1. The molecule has 0 aliphatic carbocycles. The number of anilines is 1. The SMILES string of the molecule is Cc1cc(Br)ccc1N(C)C(=O)c1ccc(Cl)c(S(=O)(=O)N2CCCCCC2)c1. The summed E-state index contributed by atoms with van der Waals surface area (Å²) in [4.78, 5) is 14.6. The van der Waals surface area contributed by atoms with Gasteiger partial charge in [0, 0.05) is 35.9 Å². The standard InChI is InChI=1S/C21H24BrClN2O3S/c1-15-13-17(22)8-10-19(15)24(2)21(26)16-7-9-18(23)20(14-16)29(27,28)25-11-5-3-4-6-12-25/h7-10,13-14H,3-6,11-12H2,1-2H3. The number of halogens is 2. The maximum atomic E-state index is 13.2. The lowest BCUT2D eigenvalue weighted by Gasteiger charge is -2.22. The molecule has 2 aromatic carbocycles. The zero-order valence-corrected chi connectivity index (χ0v) is 19.6. The summed E-state index contributed by atoms with van der Waals surface area (Å²) in [7, 11) is -2.07. The molecule has 1 fully saturated rings. The van der Waals surface area contributed by atoms with Crippen LogP contribution < -0.4 is 4.90 Å². The van der Waals surface area contributed by atoms with Crippen molar-refractivity contribution in [1.29, 1.82) is 0 Å². The summed E-state index contributed by atoms with van der Waals surface area (Å²) < 4.78 is 28.8. The molecule has 0 radical (unpaired) electrons. The van der Waals surface area contributed by atoms with Gasteiger partial charge in [-0.15, -0.1) is 0 Å². The molecule has 0 bridgehead atoms. The van der Waals surface area contributed by atoms with E-state index in [2.05, 4.69) is 15.9 Å². The van der Waals surface area contributed by atoms with Crippen LogP contribution in [0.3, 0.4) is 0 Å². The lowest BCUT2D eigenvalue weighted by Crippen LogP contribution is -2.32. The molecule has 1 heterocycles. The van der Waals surface area contributed by atoms with Gasteiger partial charge < -0.3 is 4.90 Å². The summed E-state index contributed by atoms with van der Waals surface area (Å²) in [6.45, 7) is 2.88. The zero-order chi connectivity index (χ0) is 21.2. The number of nitrogens with zero attached hydrogens (tertiary/aromatic N) is 2. The van der Waals surface area contributed by atoms with E-state index in [0.29, 0.717) is 13.1 Å². The highest BCUT2D eigenvalue weighted by Crippen LogP contribution is 2.29. The molecule has 0 unspecified atom stereocenters. The number of sulfonamides is 1. The Kier molecular flexibility index (Phi) is 7.04. The van der Waals surface area contributed by atoms with Gasteiger partial charge in [-0.25, -0.2) is 8.42 Å². The molecular formula is C21H24BrClN2O3S. The average Bonchev–Trinajstić information content (AvgIpc) is 2.97. The van der Waals surface area contributed by atoms with E-state index in [9.17, 15) is 13.2 Å². The lowest BCUT2D eigenvalue weighted by molar-refractivity contribution is 0.0992. The highest BCUT2D eigenvalue weighted by molar-refractivity contribution is 9.10. The molecule has 1 saturated heterocycles. The number of hydrogen-bond donors (Lipinski definition) is 0. The molecule has 0 N–H and O–H groups in total. The molecule has 5 nitrogen and oxygen atoms in total. The van der Waals surface area contributed by atoms with E-state index < -0.39 is 10.0 Å². The minimum Gasteiger partial charge on any atom is -0.311 e. The minimum absolute atomic E-state index is 0.00663. The molecule has 0 aromatic heterocycles. The Hall–Kier alpha value is -1.41. The van der Waals surface area contributed by atoms with Crippen LogP contribution >= 0.6 is 27.5 Å². The molecule has 1 amide bonds. The molecular weight excluding hydrogens is 476 g/mol. The molecule has 3 rings (SSSR count). The van der Waals surface area contributed by atoms with Gasteiger partial charge in [-0.1, -0.05) is 40.4 Å². The van der Waals surface area contributed by atoms with Crippen molar-refractivity contribution in [3.05, 3.63) is 57.0 Å². The number of amides is 1. The number of hydrogen-bond acceptors (Lipinski definition) is 3. The molecule has 29 heavy (non-hydrogen) atoms. The van der Waals surface area contributed by atoms with Gasteiger partial charge in [-0.3, -0.25) is 4.79 Å². The summed E-state index contributed by atoms with van der Waals surface area (Å²) in [5, 5.41) is 0.133. The second kappa shape index (κ2) is 9.16. The fourth-order valence-electron chi connectivity index (χ4n) is 3.55. The van der Waals surface area contributed by atoms with Crippen LogP contribution in [0, 0.1) is 6.92 Å². The van der Waals surface area contributed by atoms with Gasteiger partial charge in [0.1, 0.15) is 4.90 Å². The van der Waals surface area contributed by atoms with Gasteiger partial charge in [0.15, 0.2) is 0 Å². The molecule has 2 aromatic rings. The third kappa shape index (κ3) is 4.85. The monoisotopic (exact) mass is 498 g/mol. The Morgan fingerprint density at radius 2 is 1.72 bits per heavy atom. The second-order valence-corrected chi connectivity index (χ2v) is 10.5.